The molecule has 0 atom stereocenters. The van der Waals surface area contributed by atoms with E-state index < -0.39 is 23.0 Å². The molecule has 0 spiro atoms. The molecule has 0 bridgehead atoms. The van der Waals surface area contributed by atoms with Gasteiger partial charge in [0.15, 0.2) is 0 Å². The molecule has 112 valence electrons. The zero-order valence-electron chi connectivity index (χ0n) is 11.0. The topological polar surface area (TPSA) is 82.2 Å². The van der Waals surface area contributed by atoms with Gasteiger partial charge in [0.05, 0.1) is 17.2 Å². The number of alkyl halides is 2. The number of nitro benzene ring substituents is 1. The Morgan fingerprint density at radius 3 is 2.81 bits per heavy atom. The first-order valence-corrected chi connectivity index (χ1v) is 5.91. The van der Waals surface area contributed by atoms with Crippen LogP contribution in [0.4, 0.5) is 20.2 Å². The van der Waals surface area contributed by atoms with E-state index in [4.69, 9.17) is 0 Å². The highest BCUT2D eigenvalue weighted by molar-refractivity contribution is 5.58. The molecule has 0 amide bonds. The quantitative estimate of drug-likeness (QED) is 0.654. The Morgan fingerprint density at radius 2 is 2.24 bits per heavy atom. The lowest BCUT2D eigenvalue weighted by Gasteiger charge is -2.10. The molecule has 2 rings (SSSR count). The van der Waals surface area contributed by atoms with Crippen molar-refractivity contribution in [2.24, 2.45) is 7.05 Å². The van der Waals surface area contributed by atoms with Crippen LogP contribution in [0.1, 0.15) is 5.69 Å². The predicted molar refractivity (Wildman–Crippen MR) is 70.3 cm³/mol. The van der Waals surface area contributed by atoms with E-state index in [0.717, 1.165) is 11.8 Å². The molecular weight excluding hydrogens is 286 g/mol. The Labute approximate surface area is 118 Å². The Bertz CT molecular complexity index is 645. The molecule has 21 heavy (non-hydrogen) atoms. The van der Waals surface area contributed by atoms with E-state index >= 15 is 0 Å². The largest absolute Gasteiger partial charge is 0.427 e. The third kappa shape index (κ3) is 3.65. The second kappa shape index (κ2) is 6.16. The SMILES string of the molecule is Cn1nccc1CNc1ccc([N+](=O)[O-])c(OC(F)F)c1. The van der Waals surface area contributed by atoms with Crippen molar-refractivity contribution in [1.29, 1.82) is 0 Å². The van der Waals surface area contributed by atoms with E-state index in [9.17, 15) is 18.9 Å². The van der Waals surface area contributed by atoms with E-state index in [1.165, 1.54) is 12.1 Å². The van der Waals surface area contributed by atoms with Gasteiger partial charge in [0.1, 0.15) is 0 Å². The van der Waals surface area contributed by atoms with Crippen molar-refractivity contribution in [3.63, 3.8) is 0 Å². The maximum Gasteiger partial charge on any atom is 0.387 e. The highest BCUT2D eigenvalue weighted by atomic mass is 19.3. The predicted octanol–water partition coefficient (Wildman–Crippen LogP) is 2.54. The number of nitrogens with one attached hydrogen (secondary N) is 1. The number of anilines is 1. The van der Waals surface area contributed by atoms with E-state index in [1.54, 1.807) is 24.0 Å². The van der Waals surface area contributed by atoms with Crippen LogP contribution in [-0.4, -0.2) is 21.3 Å². The number of hydrogen-bond acceptors (Lipinski definition) is 5. The first kappa shape index (κ1) is 14.7. The Hall–Kier alpha value is -2.71. The van der Waals surface area contributed by atoms with Gasteiger partial charge in [-0.15, -0.1) is 0 Å². The summed E-state index contributed by atoms with van der Waals surface area (Å²) in [6.45, 7) is -2.74. The van der Waals surface area contributed by atoms with Gasteiger partial charge >= 0.3 is 12.3 Å². The maximum atomic E-state index is 12.3. The zero-order chi connectivity index (χ0) is 15.4. The number of nitrogens with zero attached hydrogens (tertiary/aromatic N) is 3. The van der Waals surface area contributed by atoms with Crippen LogP contribution < -0.4 is 10.1 Å². The lowest BCUT2D eigenvalue weighted by Crippen LogP contribution is -2.07. The van der Waals surface area contributed by atoms with Crippen molar-refractivity contribution in [2.75, 3.05) is 5.32 Å². The minimum Gasteiger partial charge on any atom is -0.427 e. The summed E-state index contributed by atoms with van der Waals surface area (Å²) in [6.07, 6.45) is 1.62. The second-order valence-electron chi connectivity index (χ2n) is 4.12. The molecule has 1 aromatic heterocycles. The normalized spacial score (nSPS) is 10.7. The van der Waals surface area contributed by atoms with Crippen LogP contribution in [0.2, 0.25) is 0 Å². The first-order chi connectivity index (χ1) is 9.97. The summed E-state index contributed by atoms with van der Waals surface area (Å²) in [5.41, 5.74) is 0.781. The van der Waals surface area contributed by atoms with Crippen molar-refractivity contribution in [1.82, 2.24) is 9.78 Å². The second-order valence-corrected chi connectivity index (χ2v) is 4.12. The Kier molecular flexibility index (Phi) is 4.31. The van der Waals surface area contributed by atoms with Crippen molar-refractivity contribution in [3.05, 3.63) is 46.3 Å². The van der Waals surface area contributed by atoms with Crippen molar-refractivity contribution < 1.29 is 18.4 Å². The molecule has 2 aromatic rings. The number of aromatic nitrogens is 2. The fourth-order valence-electron chi connectivity index (χ4n) is 1.73. The number of hydrogen-bond donors (Lipinski definition) is 1. The molecule has 1 aromatic carbocycles. The molecule has 0 aliphatic heterocycles. The van der Waals surface area contributed by atoms with Gasteiger partial charge in [-0.2, -0.15) is 13.9 Å². The fourth-order valence-corrected chi connectivity index (χ4v) is 1.73. The van der Waals surface area contributed by atoms with Crippen LogP contribution in [0.25, 0.3) is 0 Å². The number of rotatable bonds is 6. The van der Waals surface area contributed by atoms with Crippen LogP contribution in [0.15, 0.2) is 30.5 Å². The summed E-state index contributed by atoms with van der Waals surface area (Å²) in [5.74, 6) is -0.481. The number of nitro groups is 1. The highest BCUT2D eigenvalue weighted by Gasteiger charge is 2.19. The third-order valence-corrected chi connectivity index (χ3v) is 2.77. The molecule has 1 N–H and O–H groups in total. The summed E-state index contributed by atoms with van der Waals surface area (Å²) >= 11 is 0. The average Bonchev–Trinajstić information content (AvgIpc) is 2.81. The molecule has 9 heteroatoms. The van der Waals surface area contributed by atoms with E-state index in [-0.39, 0.29) is 0 Å². The molecule has 0 aliphatic carbocycles. The summed E-state index contributed by atoms with van der Waals surface area (Å²) in [6, 6.07) is 5.49. The number of aryl methyl sites for hydroxylation is 1. The van der Waals surface area contributed by atoms with Crippen molar-refractivity contribution in [3.8, 4) is 5.75 Å². The molecule has 7 nitrogen and oxygen atoms in total. The van der Waals surface area contributed by atoms with Gasteiger partial charge in [-0.05, 0) is 12.1 Å². The third-order valence-electron chi connectivity index (χ3n) is 2.77. The minimum atomic E-state index is -3.13. The smallest absolute Gasteiger partial charge is 0.387 e. The lowest BCUT2D eigenvalue weighted by molar-refractivity contribution is -0.386. The molecule has 0 unspecified atom stereocenters. The number of benzene rings is 1. The zero-order valence-corrected chi connectivity index (χ0v) is 11.0. The number of halogens is 2. The summed E-state index contributed by atoms with van der Waals surface area (Å²) in [5, 5.41) is 17.7. The number of ether oxygens (including phenoxy) is 1. The standard InChI is InChI=1S/C12H12F2N4O3/c1-17-9(4-5-16-17)7-15-8-2-3-10(18(19)20)11(6-8)21-12(13)14/h2-6,12,15H,7H2,1H3. The van der Waals surface area contributed by atoms with Crippen LogP contribution in [0.5, 0.6) is 5.75 Å². The van der Waals surface area contributed by atoms with Gasteiger partial charge < -0.3 is 10.1 Å². The van der Waals surface area contributed by atoms with Gasteiger partial charge in [-0.3, -0.25) is 14.8 Å². The van der Waals surface area contributed by atoms with Crippen LogP contribution in [-0.2, 0) is 13.6 Å². The minimum absolute atomic E-state index is 0.391. The molecule has 1 heterocycles. The fraction of sp³-hybridized carbons (Fsp3) is 0.250. The molecule has 0 saturated carbocycles. The monoisotopic (exact) mass is 298 g/mol. The first-order valence-electron chi connectivity index (χ1n) is 5.91. The van der Waals surface area contributed by atoms with Crippen molar-refractivity contribution in [2.45, 2.75) is 13.2 Å². The summed E-state index contributed by atoms with van der Waals surface area (Å²) < 4.78 is 30.4. The van der Waals surface area contributed by atoms with Gasteiger partial charge in [0, 0.05) is 31.1 Å². The highest BCUT2D eigenvalue weighted by Crippen LogP contribution is 2.31. The average molecular weight is 298 g/mol. The van der Waals surface area contributed by atoms with Crippen LogP contribution in [0, 0.1) is 10.1 Å². The molecular formula is C12H12F2N4O3. The van der Waals surface area contributed by atoms with Gasteiger partial charge in [0.25, 0.3) is 0 Å². The van der Waals surface area contributed by atoms with Gasteiger partial charge in [0.2, 0.25) is 5.75 Å². The van der Waals surface area contributed by atoms with Crippen molar-refractivity contribution >= 4 is 11.4 Å². The molecule has 0 radical (unpaired) electrons. The summed E-state index contributed by atoms with van der Waals surface area (Å²) in [7, 11) is 1.76. The van der Waals surface area contributed by atoms with Crippen LogP contribution >= 0.6 is 0 Å². The Morgan fingerprint density at radius 1 is 1.48 bits per heavy atom. The van der Waals surface area contributed by atoms with Crippen LogP contribution in [0.3, 0.4) is 0 Å². The van der Waals surface area contributed by atoms with E-state index in [0.29, 0.717) is 12.2 Å². The Balaban J connectivity index is 2.17. The summed E-state index contributed by atoms with van der Waals surface area (Å²) in [4.78, 5) is 9.98. The van der Waals surface area contributed by atoms with E-state index in [2.05, 4.69) is 15.2 Å². The maximum absolute atomic E-state index is 12.3. The van der Waals surface area contributed by atoms with E-state index in [1.807, 2.05) is 0 Å². The van der Waals surface area contributed by atoms with Gasteiger partial charge in [-0.25, -0.2) is 0 Å². The molecule has 0 aliphatic rings. The molecule has 0 fully saturated rings. The lowest BCUT2D eigenvalue weighted by atomic mass is 10.2. The molecule has 0 saturated heterocycles. The van der Waals surface area contributed by atoms with Gasteiger partial charge in [-0.1, -0.05) is 0 Å².